The van der Waals surface area contributed by atoms with Gasteiger partial charge >= 0.3 is 0 Å². The number of aromatic nitrogens is 3. The van der Waals surface area contributed by atoms with Gasteiger partial charge in [0.2, 0.25) is 0 Å². The first-order valence-electron chi connectivity index (χ1n) is 8.79. The van der Waals surface area contributed by atoms with E-state index in [-0.39, 0.29) is 5.56 Å². The van der Waals surface area contributed by atoms with Gasteiger partial charge in [-0.15, -0.1) is 0 Å². The lowest BCUT2D eigenvalue weighted by atomic mass is 10.2. The highest BCUT2D eigenvalue weighted by Gasteiger charge is 2.17. The van der Waals surface area contributed by atoms with Crippen molar-refractivity contribution in [1.82, 2.24) is 14.7 Å². The number of aryl methyl sites for hydroxylation is 2. The van der Waals surface area contributed by atoms with Crippen molar-refractivity contribution in [2.24, 2.45) is 0 Å². The fraction of sp³-hybridized carbons (Fsp3) is 0.190. The van der Waals surface area contributed by atoms with E-state index in [0.29, 0.717) is 26.8 Å². The van der Waals surface area contributed by atoms with E-state index in [4.69, 9.17) is 21.1 Å². The predicted molar refractivity (Wildman–Crippen MR) is 113 cm³/mol. The minimum atomic E-state index is -0.114. The van der Waals surface area contributed by atoms with Crippen LogP contribution in [0.3, 0.4) is 0 Å². The first-order chi connectivity index (χ1) is 13.5. The van der Waals surface area contributed by atoms with Crippen molar-refractivity contribution >= 4 is 34.3 Å². The van der Waals surface area contributed by atoms with E-state index in [2.05, 4.69) is 5.16 Å². The maximum absolute atomic E-state index is 13.3. The molecule has 2 aromatic heterocycles. The highest BCUT2D eigenvalue weighted by Crippen LogP contribution is 2.29. The van der Waals surface area contributed by atoms with Gasteiger partial charge in [-0.3, -0.25) is 9.36 Å². The van der Waals surface area contributed by atoms with Crippen molar-refractivity contribution in [3.8, 4) is 5.69 Å². The molecule has 0 atom stereocenters. The van der Waals surface area contributed by atoms with Crippen molar-refractivity contribution in [2.45, 2.75) is 31.7 Å². The van der Waals surface area contributed by atoms with Gasteiger partial charge < -0.3 is 4.52 Å². The third-order valence-electron chi connectivity index (χ3n) is 4.75. The minimum absolute atomic E-state index is 0.114. The van der Waals surface area contributed by atoms with Gasteiger partial charge in [0.05, 0.1) is 22.3 Å². The number of nitrogens with zero attached hydrogens (tertiary/aromatic N) is 3. The zero-order chi connectivity index (χ0) is 19.8. The largest absolute Gasteiger partial charge is 0.361 e. The van der Waals surface area contributed by atoms with Crippen LogP contribution in [0, 0.1) is 20.8 Å². The van der Waals surface area contributed by atoms with Crippen LogP contribution in [-0.4, -0.2) is 14.7 Å². The fourth-order valence-electron chi connectivity index (χ4n) is 3.10. The molecule has 0 amide bonds. The second-order valence-electron chi connectivity index (χ2n) is 6.53. The Kier molecular flexibility index (Phi) is 5.00. The summed E-state index contributed by atoms with van der Waals surface area (Å²) in [6.45, 7) is 5.70. The van der Waals surface area contributed by atoms with Crippen LogP contribution in [0.25, 0.3) is 16.6 Å². The molecule has 4 rings (SSSR count). The summed E-state index contributed by atoms with van der Waals surface area (Å²) in [5.74, 6) is 1.38. The summed E-state index contributed by atoms with van der Waals surface area (Å²) in [6, 6.07) is 12.9. The maximum atomic E-state index is 13.3. The molecule has 0 saturated carbocycles. The number of fused-ring (bicyclic) bond motifs is 1. The summed E-state index contributed by atoms with van der Waals surface area (Å²) in [4.78, 5) is 18.1. The molecule has 7 heteroatoms. The topological polar surface area (TPSA) is 60.9 Å². The molecule has 0 N–H and O–H groups in total. The summed E-state index contributed by atoms with van der Waals surface area (Å²) in [6.07, 6.45) is 0. The van der Waals surface area contributed by atoms with Crippen molar-refractivity contribution in [3.05, 3.63) is 80.4 Å². The summed E-state index contributed by atoms with van der Waals surface area (Å²) in [5, 5.41) is 5.80. The van der Waals surface area contributed by atoms with Crippen molar-refractivity contribution in [3.63, 3.8) is 0 Å². The number of hydrogen-bond donors (Lipinski definition) is 0. The number of halogens is 1. The molecule has 0 aliphatic rings. The minimum Gasteiger partial charge on any atom is -0.361 e. The summed E-state index contributed by atoms with van der Waals surface area (Å²) in [5.41, 5.74) is 3.99. The normalized spacial score (nSPS) is 11.3. The summed E-state index contributed by atoms with van der Waals surface area (Å²) < 4.78 is 6.90. The van der Waals surface area contributed by atoms with Gasteiger partial charge in [-0.1, -0.05) is 46.7 Å². The van der Waals surface area contributed by atoms with E-state index in [1.165, 1.54) is 11.8 Å². The molecule has 4 aromatic rings. The molecule has 0 radical (unpaired) electrons. The van der Waals surface area contributed by atoms with Crippen molar-refractivity contribution in [2.75, 3.05) is 0 Å². The van der Waals surface area contributed by atoms with Gasteiger partial charge in [-0.25, -0.2) is 4.98 Å². The number of hydrogen-bond acceptors (Lipinski definition) is 5. The van der Waals surface area contributed by atoms with Crippen molar-refractivity contribution in [1.29, 1.82) is 0 Å². The Bertz CT molecular complexity index is 1230. The molecule has 0 aliphatic heterocycles. The molecule has 2 heterocycles. The van der Waals surface area contributed by atoms with Crippen LogP contribution in [-0.2, 0) is 5.75 Å². The monoisotopic (exact) mass is 411 g/mol. The van der Waals surface area contributed by atoms with Crippen LogP contribution in [0.15, 0.2) is 56.9 Å². The Morgan fingerprint density at radius 3 is 2.64 bits per heavy atom. The van der Waals surface area contributed by atoms with Gasteiger partial charge in [0.15, 0.2) is 5.16 Å². The molecular weight excluding hydrogens is 394 g/mol. The lowest BCUT2D eigenvalue weighted by Crippen LogP contribution is -2.22. The Labute approximate surface area is 171 Å². The molecule has 2 aromatic carbocycles. The molecule has 0 unspecified atom stereocenters. The van der Waals surface area contributed by atoms with E-state index in [1.54, 1.807) is 10.6 Å². The fourth-order valence-corrected chi connectivity index (χ4v) is 4.43. The number of benzene rings is 2. The highest BCUT2D eigenvalue weighted by molar-refractivity contribution is 7.98. The molecule has 0 spiro atoms. The molecule has 0 saturated heterocycles. The average Bonchev–Trinajstić information content (AvgIpc) is 3.01. The van der Waals surface area contributed by atoms with Crippen LogP contribution < -0.4 is 5.56 Å². The second-order valence-corrected chi connectivity index (χ2v) is 7.88. The van der Waals surface area contributed by atoms with Crippen LogP contribution in [0.5, 0.6) is 0 Å². The zero-order valence-corrected chi connectivity index (χ0v) is 17.3. The lowest BCUT2D eigenvalue weighted by molar-refractivity contribution is 0.392. The Morgan fingerprint density at radius 1 is 1.11 bits per heavy atom. The van der Waals surface area contributed by atoms with Crippen molar-refractivity contribution < 1.29 is 4.52 Å². The van der Waals surface area contributed by atoms with E-state index in [0.717, 1.165) is 28.3 Å². The maximum Gasteiger partial charge on any atom is 0.266 e. The Morgan fingerprint density at radius 2 is 1.89 bits per heavy atom. The SMILES string of the molecule is Cc1noc(C)c1CSc1nc2ccccc2c(=O)n1-c1cccc(Cl)c1C. The van der Waals surface area contributed by atoms with Crippen LogP contribution in [0.1, 0.15) is 22.6 Å². The molecular formula is C21H18ClN3O2S. The van der Waals surface area contributed by atoms with Gasteiger partial charge in [-0.05, 0) is 50.6 Å². The third-order valence-corrected chi connectivity index (χ3v) is 6.13. The first kappa shape index (κ1) is 18.8. The Balaban J connectivity index is 1.91. The number of para-hydroxylation sites is 1. The Hall–Kier alpha value is -2.57. The smallest absolute Gasteiger partial charge is 0.266 e. The van der Waals surface area contributed by atoms with E-state index < -0.39 is 0 Å². The molecule has 0 bridgehead atoms. The molecule has 0 fully saturated rings. The number of rotatable bonds is 4. The third kappa shape index (κ3) is 3.23. The van der Waals surface area contributed by atoms with E-state index in [1.807, 2.05) is 57.2 Å². The van der Waals surface area contributed by atoms with Gasteiger partial charge in [0.1, 0.15) is 5.76 Å². The standard InChI is InChI=1S/C21H18ClN3O2S/c1-12-17(22)8-6-10-19(12)25-20(26)15-7-4-5-9-18(15)23-21(25)28-11-16-13(2)24-27-14(16)3/h4-10H,11H2,1-3H3. The number of thioether (sulfide) groups is 1. The summed E-state index contributed by atoms with van der Waals surface area (Å²) in [7, 11) is 0. The van der Waals surface area contributed by atoms with E-state index in [9.17, 15) is 4.79 Å². The van der Waals surface area contributed by atoms with Crippen LogP contribution in [0.4, 0.5) is 0 Å². The lowest BCUT2D eigenvalue weighted by Gasteiger charge is -2.15. The van der Waals surface area contributed by atoms with Gasteiger partial charge in [-0.2, -0.15) is 0 Å². The quantitative estimate of drug-likeness (QED) is 0.339. The molecule has 142 valence electrons. The zero-order valence-electron chi connectivity index (χ0n) is 15.7. The van der Waals surface area contributed by atoms with Gasteiger partial charge in [0.25, 0.3) is 5.56 Å². The summed E-state index contributed by atoms with van der Waals surface area (Å²) >= 11 is 7.80. The van der Waals surface area contributed by atoms with E-state index >= 15 is 0 Å². The van der Waals surface area contributed by atoms with Crippen LogP contribution >= 0.6 is 23.4 Å². The highest BCUT2D eigenvalue weighted by atomic mass is 35.5. The molecule has 28 heavy (non-hydrogen) atoms. The second kappa shape index (κ2) is 7.45. The average molecular weight is 412 g/mol. The predicted octanol–water partition coefficient (Wildman–Crippen LogP) is 5.24. The molecule has 0 aliphatic carbocycles. The molecule has 5 nitrogen and oxygen atoms in total. The van der Waals surface area contributed by atoms with Crippen LogP contribution in [0.2, 0.25) is 5.02 Å². The first-order valence-corrected chi connectivity index (χ1v) is 10.2. The van der Waals surface area contributed by atoms with Gasteiger partial charge in [0, 0.05) is 16.3 Å².